The van der Waals surface area contributed by atoms with Crippen molar-refractivity contribution in [2.75, 3.05) is 5.32 Å². The number of anilines is 1. The quantitative estimate of drug-likeness (QED) is 0.431. The summed E-state index contributed by atoms with van der Waals surface area (Å²) in [4.78, 5) is 27.3. The lowest BCUT2D eigenvalue weighted by atomic mass is 10.3. The predicted molar refractivity (Wildman–Crippen MR) is 99.0 cm³/mol. The van der Waals surface area contributed by atoms with E-state index >= 15 is 0 Å². The lowest BCUT2D eigenvalue weighted by Gasteiger charge is -2.07. The number of pyridine rings is 1. The highest BCUT2D eigenvalue weighted by Crippen LogP contribution is 2.19. The molecular weight excluding hydrogens is 348 g/mol. The van der Waals surface area contributed by atoms with Gasteiger partial charge in [0.2, 0.25) is 5.82 Å². The van der Waals surface area contributed by atoms with Crippen LogP contribution in [0.2, 0.25) is 0 Å². The van der Waals surface area contributed by atoms with E-state index in [0.29, 0.717) is 5.65 Å². The minimum atomic E-state index is -0.729. The Bertz CT molecular complexity index is 1180. The van der Waals surface area contributed by atoms with E-state index in [2.05, 4.69) is 15.4 Å². The summed E-state index contributed by atoms with van der Waals surface area (Å²) >= 11 is 0. The average Bonchev–Trinajstić information content (AvgIpc) is 3.16. The molecule has 27 heavy (non-hydrogen) atoms. The Morgan fingerprint density at radius 2 is 1.89 bits per heavy atom. The van der Waals surface area contributed by atoms with Gasteiger partial charge in [-0.3, -0.25) is 19.3 Å². The SMILES string of the molecule is O=c1c([N+](=O)[O-])c(NCc2cnn(-c3ccccc3)c2)nc2ccccn12. The molecule has 0 aliphatic carbocycles. The third kappa shape index (κ3) is 3.13. The van der Waals surface area contributed by atoms with Crippen LogP contribution in [0.4, 0.5) is 11.5 Å². The summed E-state index contributed by atoms with van der Waals surface area (Å²) < 4.78 is 2.85. The summed E-state index contributed by atoms with van der Waals surface area (Å²) in [5.74, 6) is -0.0661. The Hall–Kier alpha value is -4.01. The molecule has 1 N–H and O–H groups in total. The molecule has 0 bridgehead atoms. The smallest absolute Gasteiger partial charge is 0.360 e. The minimum absolute atomic E-state index is 0.0661. The van der Waals surface area contributed by atoms with Gasteiger partial charge in [0.25, 0.3) is 0 Å². The largest absolute Gasteiger partial charge is 0.376 e. The predicted octanol–water partition coefficient (Wildman–Crippen LogP) is 2.40. The molecule has 9 heteroatoms. The van der Waals surface area contributed by atoms with Gasteiger partial charge in [-0.2, -0.15) is 5.10 Å². The fourth-order valence-electron chi connectivity index (χ4n) is 2.73. The number of aromatic nitrogens is 4. The van der Waals surface area contributed by atoms with Crippen LogP contribution >= 0.6 is 0 Å². The average molecular weight is 362 g/mol. The summed E-state index contributed by atoms with van der Waals surface area (Å²) in [6.07, 6.45) is 4.91. The molecular formula is C18H14N6O3. The molecule has 1 aromatic carbocycles. The first-order valence-corrected chi connectivity index (χ1v) is 8.12. The van der Waals surface area contributed by atoms with Crippen molar-refractivity contribution >= 4 is 17.2 Å². The van der Waals surface area contributed by atoms with Gasteiger partial charge in [0.1, 0.15) is 5.65 Å². The lowest BCUT2D eigenvalue weighted by Crippen LogP contribution is -2.21. The van der Waals surface area contributed by atoms with Gasteiger partial charge in [0.05, 0.1) is 16.8 Å². The Kier molecular flexibility index (Phi) is 4.09. The molecule has 0 spiro atoms. The molecule has 9 nitrogen and oxygen atoms in total. The molecule has 134 valence electrons. The van der Waals surface area contributed by atoms with Crippen LogP contribution in [0.25, 0.3) is 11.3 Å². The van der Waals surface area contributed by atoms with Crippen molar-refractivity contribution in [3.63, 3.8) is 0 Å². The second-order valence-corrected chi connectivity index (χ2v) is 5.78. The van der Waals surface area contributed by atoms with E-state index in [9.17, 15) is 14.9 Å². The maximum Gasteiger partial charge on any atom is 0.376 e. The second kappa shape index (κ2) is 6.71. The molecule has 0 unspecified atom stereocenters. The number of hydrogen-bond donors (Lipinski definition) is 1. The monoisotopic (exact) mass is 362 g/mol. The van der Waals surface area contributed by atoms with E-state index in [0.717, 1.165) is 15.7 Å². The number of benzene rings is 1. The Morgan fingerprint density at radius 3 is 2.67 bits per heavy atom. The molecule has 0 radical (unpaired) electrons. The minimum Gasteiger partial charge on any atom is -0.360 e. The van der Waals surface area contributed by atoms with E-state index in [4.69, 9.17) is 0 Å². The first-order chi connectivity index (χ1) is 13.1. The van der Waals surface area contributed by atoms with Gasteiger partial charge < -0.3 is 5.32 Å². The molecule has 0 amide bonds. The number of fused-ring (bicyclic) bond motifs is 1. The highest BCUT2D eigenvalue weighted by Gasteiger charge is 2.23. The van der Waals surface area contributed by atoms with Crippen LogP contribution < -0.4 is 10.9 Å². The van der Waals surface area contributed by atoms with Crippen LogP contribution in [0.1, 0.15) is 5.56 Å². The van der Waals surface area contributed by atoms with Crippen LogP contribution in [0.15, 0.2) is 71.9 Å². The fraction of sp³-hybridized carbons (Fsp3) is 0.0556. The summed E-state index contributed by atoms with van der Waals surface area (Å²) in [7, 11) is 0. The van der Waals surface area contributed by atoms with Crippen molar-refractivity contribution in [2.24, 2.45) is 0 Å². The third-order valence-electron chi connectivity index (χ3n) is 4.01. The van der Waals surface area contributed by atoms with E-state index in [1.165, 1.54) is 6.20 Å². The zero-order valence-electron chi connectivity index (χ0n) is 14.0. The number of hydrogen-bond acceptors (Lipinski definition) is 6. The van der Waals surface area contributed by atoms with Gasteiger partial charge in [-0.25, -0.2) is 9.67 Å². The van der Waals surface area contributed by atoms with Gasteiger partial charge in [-0.15, -0.1) is 0 Å². The van der Waals surface area contributed by atoms with Crippen LogP contribution in [-0.4, -0.2) is 24.1 Å². The fourth-order valence-corrected chi connectivity index (χ4v) is 2.73. The Labute approximate surface area is 152 Å². The first kappa shape index (κ1) is 16.5. The van der Waals surface area contributed by atoms with Crippen LogP contribution in [0.3, 0.4) is 0 Å². The molecule has 4 rings (SSSR count). The third-order valence-corrected chi connectivity index (χ3v) is 4.01. The van der Waals surface area contributed by atoms with Crippen molar-refractivity contribution in [3.8, 4) is 5.69 Å². The Balaban J connectivity index is 1.64. The number of para-hydroxylation sites is 1. The summed E-state index contributed by atoms with van der Waals surface area (Å²) in [6.45, 7) is 0.239. The van der Waals surface area contributed by atoms with E-state index in [1.807, 2.05) is 36.5 Å². The maximum atomic E-state index is 12.4. The van der Waals surface area contributed by atoms with E-state index < -0.39 is 16.2 Å². The zero-order valence-corrected chi connectivity index (χ0v) is 14.0. The maximum absolute atomic E-state index is 12.4. The highest BCUT2D eigenvalue weighted by atomic mass is 16.6. The van der Waals surface area contributed by atoms with Crippen LogP contribution in [0, 0.1) is 10.1 Å². The summed E-state index contributed by atoms with van der Waals surface area (Å²) in [5.41, 5.74) is 0.706. The lowest BCUT2D eigenvalue weighted by molar-refractivity contribution is -0.385. The summed E-state index contributed by atoms with van der Waals surface area (Å²) in [6, 6.07) is 14.5. The number of nitrogens with zero attached hydrogens (tertiary/aromatic N) is 5. The van der Waals surface area contributed by atoms with Crippen molar-refractivity contribution in [2.45, 2.75) is 6.54 Å². The molecule has 0 saturated heterocycles. The molecule has 3 aromatic heterocycles. The molecule has 0 aliphatic heterocycles. The van der Waals surface area contributed by atoms with Gasteiger partial charge >= 0.3 is 11.2 Å². The van der Waals surface area contributed by atoms with Crippen LogP contribution in [0.5, 0.6) is 0 Å². The van der Waals surface area contributed by atoms with Gasteiger partial charge in [-0.05, 0) is 24.3 Å². The molecule has 4 aromatic rings. The second-order valence-electron chi connectivity index (χ2n) is 5.78. The molecule has 0 fully saturated rings. The van der Waals surface area contributed by atoms with Crippen LogP contribution in [-0.2, 0) is 6.54 Å². The topological polar surface area (TPSA) is 107 Å². The molecule has 0 aliphatic rings. The van der Waals surface area contributed by atoms with Crippen molar-refractivity contribution < 1.29 is 4.92 Å². The standard InChI is InChI=1S/C18H14N6O3/c25-18-16(24(26)27)17(21-15-8-4-5-9-22(15)18)19-10-13-11-20-23(12-13)14-6-2-1-3-7-14/h1-9,11-12,19H,10H2. The number of nitrogens with one attached hydrogen (secondary N) is 1. The number of rotatable bonds is 5. The molecule has 0 saturated carbocycles. The summed E-state index contributed by atoms with van der Waals surface area (Å²) in [5, 5.41) is 18.6. The Morgan fingerprint density at radius 1 is 1.11 bits per heavy atom. The normalized spacial score (nSPS) is 10.8. The zero-order chi connectivity index (χ0) is 18.8. The van der Waals surface area contributed by atoms with Gasteiger partial charge in [0.15, 0.2) is 0 Å². The van der Waals surface area contributed by atoms with Crippen molar-refractivity contribution in [1.29, 1.82) is 0 Å². The molecule has 0 atom stereocenters. The van der Waals surface area contributed by atoms with Gasteiger partial charge in [-0.1, -0.05) is 24.3 Å². The van der Waals surface area contributed by atoms with Gasteiger partial charge in [0, 0.05) is 24.5 Å². The van der Waals surface area contributed by atoms with E-state index in [-0.39, 0.29) is 12.4 Å². The number of nitro groups is 1. The van der Waals surface area contributed by atoms with Crippen molar-refractivity contribution in [3.05, 3.63) is 93.2 Å². The molecule has 3 heterocycles. The van der Waals surface area contributed by atoms with E-state index in [1.54, 1.807) is 29.1 Å². The first-order valence-electron chi connectivity index (χ1n) is 8.12. The highest BCUT2D eigenvalue weighted by molar-refractivity contribution is 5.59. The van der Waals surface area contributed by atoms with Crippen molar-refractivity contribution in [1.82, 2.24) is 19.2 Å².